The van der Waals surface area contributed by atoms with Crippen LogP contribution in [0.5, 0.6) is 5.75 Å². The lowest BCUT2D eigenvalue weighted by Gasteiger charge is -2.23. The Morgan fingerprint density at radius 3 is 2.43 bits per heavy atom. The monoisotopic (exact) mass is 432 g/mol. The maximum atomic E-state index is 11.0. The zero-order chi connectivity index (χ0) is 21.0. The predicted octanol–water partition coefficient (Wildman–Crippen LogP) is 2.65. The molecule has 162 valence electrons. The van der Waals surface area contributed by atoms with Crippen LogP contribution in [0.4, 0.5) is 0 Å². The molecule has 0 unspecified atom stereocenters. The Bertz CT molecular complexity index is 831. The minimum atomic E-state index is -3.22. The molecule has 1 aromatic heterocycles. The van der Waals surface area contributed by atoms with Crippen molar-refractivity contribution in [2.24, 2.45) is 5.92 Å². The molecule has 0 spiro atoms. The molecular formula is C22H31N3O4P+. The lowest BCUT2D eigenvalue weighted by molar-refractivity contribution is 0.213. The summed E-state index contributed by atoms with van der Waals surface area (Å²) in [5, 5.41) is 3.93. The molecule has 4 rings (SSSR count). The van der Waals surface area contributed by atoms with E-state index in [1.54, 1.807) is 6.20 Å². The number of fused-ring (bicyclic) bond motifs is 1. The Morgan fingerprint density at radius 1 is 1.13 bits per heavy atom. The zero-order valence-corrected chi connectivity index (χ0v) is 18.6. The second-order valence-corrected chi connectivity index (χ2v) is 10.2. The van der Waals surface area contributed by atoms with Gasteiger partial charge in [-0.05, 0) is 43.0 Å². The van der Waals surface area contributed by atoms with Gasteiger partial charge in [0.2, 0.25) is 5.30 Å². The van der Waals surface area contributed by atoms with Crippen LogP contribution in [-0.2, 0) is 28.7 Å². The number of hydrogen-bond donors (Lipinski definition) is 2. The highest BCUT2D eigenvalue weighted by Gasteiger charge is 2.45. The van der Waals surface area contributed by atoms with Crippen LogP contribution in [-0.4, -0.2) is 48.7 Å². The lowest BCUT2D eigenvalue weighted by Crippen LogP contribution is -2.31. The molecule has 30 heavy (non-hydrogen) atoms. The van der Waals surface area contributed by atoms with Gasteiger partial charge < -0.3 is 10.1 Å². The van der Waals surface area contributed by atoms with Crippen molar-refractivity contribution < 1.29 is 18.7 Å². The number of benzene rings is 1. The molecule has 0 aliphatic carbocycles. The quantitative estimate of drug-likeness (QED) is 0.621. The fraction of sp³-hybridized carbons (Fsp3) is 0.500. The van der Waals surface area contributed by atoms with Crippen molar-refractivity contribution in [3.63, 3.8) is 0 Å². The summed E-state index contributed by atoms with van der Waals surface area (Å²) in [4.78, 5) is 17.9. The molecule has 1 aromatic carbocycles. The molecular weight excluding hydrogens is 401 g/mol. The first-order chi connectivity index (χ1) is 14.6. The number of nitrogens with zero attached hydrogens (tertiary/aromatic N) is 2. The molecule has 2 aromatic rings. The molecule has 3 heterocycles. The molecule has 8 heteroatoms. The normalized spacial score (nSPS) is 17.8. The predicted molar refractivity (Wildman–Crippen MR) is 118 cm³/mol. The minimum Gasteiger partial charge on any atom is -0.487 e. The van der Waals surface area contributed by atoms with E-state index in [1.165, 1.54) is 25.3 Å². The van der Waals surface area contributed by atoms with Crippen molar-refractivity contribution in [1.29, 1.82) is 0 Å². The van der Waals surface area contributed by atoms with Gasteiger partial charge in [0.1, 0.15) is 0 Å². The van der Waals surface area contributed by atoms with Crippen molar-refractivity contribution in [2.75, 3.05) is 33.9 Å². The van der Waals surface area contributed by atoms with Gasteiger partial charge in [-0.15, -0.1) is 0 Å². The van der Waals surface area contributed by atoms with Gasteiger partial charge in [0.15, 0.2) is 5.75 Å². The molecule has 7 nitrogen and oxygen atoms in total. The van der Waals surface area contributed by atoms with Gasteiger partial charge in [0, 0.05) is 25.7 Å². The fourth-order valence-corrected chi connectivity index (χ4v) is 5.42. The summed E-state index contributed by atoms with van der Waals surface area (Å²) in [7, 11) is -0.290. The Morgan fingerprint density at radius 2 is 1.80 bits per heavy atom. The number of ether oxygens (including phenoxy) is 1. The van der Waals surface area contributed by atoms with E-state index in [-0.39, 0.29) is 0 Å². The highest BCUT2D eigenvalue weighted by atomic mass is 31.2. The van der Waals surface area contributed by atoms with E-state index in [0.29, 0.717) is 30.1 Å². The Labute approximate surface area is 179 Å². The summed E-state index contributed by atoms with van der Waals surface area (Å²) in [6, 6.07) is 10.4. The SMILES string of the molecule is CO[P+](O)(OC)c1cc(CN2Cc3ccccc3C2)ncc1OCC1CCNCC1. The molecule has 0 saturated carbocycles. The summed E-state index contributed by atoms with van der Waals surface area (Å²) in [6.07, 6.45) is 3.88. The van der Waals surface area contributed by atoms with Crippen molar-refractivity contribution in [1.82, 2.24) is 15.2 Å². The van der Waals surface area contributed by atoms with Crippen molar-refractivity contribution in [3.8, 4) is 5.75 Å². The van der Waals surface area contributed by atoms with Crippen LogP contribution < -0.4 is 15.4 Å². The number of rotatable bonds is 8. The highest BCUT2D eigenvalue weighted by molar-refractivity contribution is 7.68. The molecule has 0 atom stereocenters. The van der Waals surface area contributed by atoms with Crippen molar-refractivity contribution >= 4 is 13.2 Å². The van der Waals surface area contributed by atoms with Crippen LogP contribution in [0.25, 0.3) is 0 Å². The number of hydrogen-bond acceptors (Lipinski definition) is 7. The lowest BCUT2D eigenvalue weighted by atomic mass is 9.99. The van der Waals surface area contributed by atoms with Crippen molar-refractivity contribution in [2.45, 2.75) is 32.5 Å². The van der Waals surface area contributed by atoms with E-state index in [9.17, 15) is 4.89 Å². The summed E-state index contributed by atoms with van der Waals surface area (Å²) in [5.74, 6) is 1.04. The number of piperidine rings is 1. The Kier molecular flexibility index (Phi) is 6.98. The van der Waals surface area contributed by atoms with E-state index < -0.39 is 7.94 Å². The van der Waals surface area contributed by atoms with Crippen LogP contribution in [0.2, 0.25) is 0 Å². The van der Waals surface area contributed by atoms with Gasteiger partial charge in [-0.1, -0.05) is 24.3 Å². The molecule has 2 aliphatic rings. The van der Waals surface area contributed by atoms with Crippen LogP contribution in [0.3, 0.4) is 0 Å². The van der Waals surface area contributed by atoms with Gasteiger partial charge in [0.25, 0.3) is 0 Å². The van der Waals surface area contributed by atoms with Gasteiger partial charge in [-0.2, -0.15) is 13.9 Å². The molecule has 0 amide bonds. The van der Waals surface area contributed by atoms with E-state index in [2.05, 4.69) is 39.5 Å². The summed E-state index contributed by atoms with van der Waals surface area (Å²) in [5.41, 5.74) is 3.58. The first kappa shape index (κ1) is 21.6. The first-order valence-electron chi connectivity index (χ1n) is 10.5. The average Bonchev–Trinajstić information content (AvgIpc) is 3.20. The summed E-state index contributed by atoms with van der Waals surface area (Å²) < 4.78 is 16.9. The number of nitrogens with one attached hydrogen (secondary N) is 1. The second-order valence-electron chi connectivity index (χ2n) is 7.95. The van der Waals surface area contributed by atoms with E-state index in [1.807, 2.05) is 6.07 Å². The molecule has 0 bridgehead atoms. The van der Waals surface area contributed by atoms with Crippen LogP contribution in [0, 0.1) is 5.92 Å². The highest BCUT2D eigenvalue weighted by Crippen LogP contribution is 2.56. The van der Waals surface area contributed by atoms with Gasteiger partial charge in [-0.25, -0.2) is 0 Å². The summed E-state index contributed by atoms with van der Waals surface area (Å²) in [6.45, 7) is 5.12. The third kappa shape index (κ3) is 4.83. The smallest absolute Gasteiger partial charge is 0.449 e. The third-order valence-electron chi connectivity index (χ3n) is 5.93. The van der Waals surface area contributed by atoms with E-state index >= 15 is 0 Å². The molecule has 2 aliphatic heterocycles. The Balaban J connectivity index is 1.51. The topological polar surface area (TPSA) is 76.1 Å². The maximum Gasteiger partial charge on any atom is 0.449 e. The van der Waals surface area contributed by atoms with Crippen molar-refractivity contribution in [3.05, 3.63) is 53.3 Å². The standard InChI is InChI=1S/C22H31N3O4P/c1-27-30(26,28-2)22-11-20(15-25-13-18-5-3-4-6-19(18)14-25)24-12-21(22)29-16-17-7-9-23-10-8-17/h3-6,11-12,17,23,26H,7-10,13-16H2,1-2H3/q+1. The number of pyridine rings is 1. The third-order valence-corrected chi connectivity index (χ3v) is 7.88. The largest absolute Gasteiger partial charge is 0.487 e. The zero-order valence-electron chi connectivity index (χ0n) is 17.7. The second kappa shape index (κ2) is 9.69. The van der Waals surface area contributed by atoms with Gasteiger partial charge in [0.05, 0.1) is 32.7 Å². The van der Waals surface area contributed by atoms with E-state index in [0.717, 1.165) is 44.7 Å². The average molecular weight is 432 g/mol. The molecule has 1 fully saturated rings. The maximum absolute atomic E-state index is 11.0. The molecule has 1 saturated heterocycles. The molecule has 0 radical (unpaired) electrons. The minimum absolute atomic E-state index is 0.499. The van der Waals surface area contributed by atoms with Crippen LogP contribution >= 0.6 is 7.94 Å². The summed E-state index contributed by atoms with van der Waals surface area (Å²) >= 11 is 0. The van der Waals surface area contributed by atoms with Crippen LogP contribution in [0.1, 0.15) is 29.7 Å². The first-order valence-corrected chi connectivity index (χ1v) is 12.0. The Hall–Kier alpha value is -1.60. The van der Waals surface area contributed by atoms with E-state index in [4.69, 9.17) is 13.8 Å². The fourth-order valence-electron chi connectivity index (χ4n) is 4.16. The van der Waals surface area contributed by atoms with Crippen LogP contribution in [0.15, 0.2) is 36.5 Å². The van der Waals surface area contributed by atoms with Gasteiger partial charge >= 0.3 is 7.94 Å². The number of aromatic nitrogens is 1. The van der Waals surface area contributed by atoms with Gasteiger partial charge in [-0.3, -0.25) is 9.88 Å². The molecule has 2 N–H and O–H groups in total.